The van der Waals surface area contributed by atoms with Crippen LogP contribution in [0.1, 0.15) is 40.3 Å². The molecule has 0 saturated carbocycles. The molecule has 0 bridgehead atoms. The van der Waals surface area contributed by atoms with E-state index in [4.69, 9.17) is 4.74 Å². The molecule has 0 aliphatic heterocycles. The van der Waals surface area contributed by atoms with Gasteiger partial charge in [0.1, 0.15) is 12.4 Å². The molecule has 1 N–H and O–H groups in total. The lowest BCUT2D eigenvalue weighted by Gasteiger charge is -2.15. The van der Waals surface area contributed by atoms with Gasteiger partial charge in [0.2, 0.25) is 0 Å². The summed E-state index contributed by atoms with van der Waals surface area (Å²) in [5, 5.41) is 14.3. The van der Waals surface area contributed by atoms with E-state index >= 15 is 0 Å². The first-order valence-electron chi connectivity index (χ1n) is 8.77. The van der Waals surface area contributed by atoms with Crippen LogP contribution < -0.4 is 5.32 Å². The largest absolute Gasteiger partial charge is 0.464 e. The third kappa shape index (κ3) is 4.58. The van der Waals surface area contributed by atoms with Gasteiger partial charge in [-0.3, -0.25) is 4.79 Å². The number of aromatic nitrogens is 5. The first kappa shape index (κ1) is 19.6. The second-order valence-corrected chi connectivity index (χ2v) is 7.10. The zero-order valence-corrected chi connectivity index (χ0v) is 16.3. The molecular weight excluding hydrogens is 380 g/mol. The fraction of sp³-hybridized carbons (Fsp3) is 0.333. The molecule has 28 heavy (non-hydrogen) atoms. The van der Waals surface area contributed by atoms with Crippen LogP contribution in [0.3, 0.4) is 0 Å². The van der Waals surface area contributed by atoms with Crippen LogP contribution >= 0.6 is 11.3 Å². The molecule has 0 aliphatic rings. The number of hydrogen-bond acceptors (Lipinski definition) is 8. The summed E-state index contributed by atoms with van der Waals surface area (Å²) in [4.78, 5) is 30.0. The van der Waals surface area contributed by atoms with Crippen molar-refractivity contribution in [2.45, 2.75) is 32.2 Å². The van der Waals surface area contributed by atoms with Gasteiger partial charge >= 0.3 is 5.97 Å². The highest BCUT2D eigenvalue weighted by Crippen LogP contribution is 2.26. The van der Waals surface area contributed by atoms with Crippen molar-refractivity contribution in [3.8, 4) is 0 Å². The predicted octanol–water partition coefficient (Wildman–Crippen LogP) is 2.29. The Balaban J connectivity index is 1.83. The molecule has 3 rings (SSSR count). The number of benzene rings is 1. The van der Waals surface area contributed by atoms with E-state index in [1.807, 2.05) is 37.3 Å². The number of hydrogen-bond donors (Lipinski definition) is 1. The second-order valence-electron chi connectivity index (χ2n) is 6.02. The number of nitrogens with zero attached hydrogens (tertiary/aromatic N) is 5. The van der Waals surface area contributed by atoms with Gasteiger partial charge in [-0.2, -0.15) is 0 Å². The van der Waals surface area contributed by atoms with Gasteiger partial charge in [-0.1, -0.05) is 43.7 Å². The molecule has 1 aromatic carbocycles. The number of tetrazole rings is 1. The molecule has 10 heteroatoms. The summed E-state index contributed by atoms with van der Waals surface area (Å²) < 4.78 is 6.20. The Morgan fingerprint density at radius 3 is 2.71 bits per heavy atom. The maximum atomic E-state index is 13.0. The van der Waals surface area contributed by atoms with Crippen LogP contribution in [0.25, 0.3) is 0 Å². The Morgan fingerprint density at radius 1 is 1.29 bits per heavy atom. The van der Waals surface area contributed by atoms with Gasteiger partial charge in [-0.05, 0) is 22.4 Å². The first-order chi connectivity index (χ1) is 13.6. The maximum Gasteiger partial charge on any atom is 0.357 e. The molecule has 9 nitrogen and oxygen atoms in total. The molecule has 3 aromatic rings. The predicted molar refractivity (Wildman–Crippen MR) is 103 cm³/mol. The van der Waals surface area contributed by atoms with E-state index in [9.17, 15) is 9.59 Å². The van der Waals surface area contributed by atoms with Gasteiger partial charge in [0.05, 0.1) is 7.11 Å². The molecular formula is C18H20N6O3S. The lowest BCUT2D eigenvalue weighted by Crippen LogP contribution is -2.28. The molecule has 1 atom stereocenters. The van der Waals surface area contributed by atoms with Crippen LogP contribution in [0.2, 0.25) is 0 Å². The average Bonchev–Trinajstić information content (AvgIpc) is 3.37. The summed E-state index contributed by atoms with van der Waals surface area (Å²) in [6.45, 7) is 2.01. The van der Waals surface area contributed by atoms with Crippen molar-refractivity contribution in [3.05, 3.63) is 52.8 Å². The van der Waals surface area contributed by atoms with Gasteiger partial charge in [0, 0.05) is 11.3 Å². The van der Waals surface area contributed by atoms with E-state index in [1.165, 1.54) is 29.5 Å². The number of aryl methyl sites for hydroxylation is 1. The van der Waals surface area contributed by atoms with E-state index in [-0.39, 0.29) is 11.6 Å². The Kier molecular flexibility index (Phi) is 6.43. The van der Waals surface area contributed by atoms with E-state index in [1.54, 1.807) is 0 Å². The standard InChI is InChI=1S/C18H20N6O3S/c1-3-7-14-15(17(26)27-2)20-18(28-14)21-16(25)13(24-11-19-22-23-24)10-12-8-5-4-6-9-12/h4-6,8-9,11,13H,3,7,10H2,1-2H3,(H,20,21,25). The van der Waals surface area contributed by atoms with Crippen LogP contribution in [-0.2, 0) is 22.4 Å². The van der Waals surface area contributed by atoms with E-state index in [2.05, 4.69) is 25.8 Å². The smallest absolute Gasteiger partial charge is 0.357 e. The summed E-state index contributed by atoms with van der Waals surface area (Å²) in [5.41, 5.74) is 1.21. The van der Waals surface area contributed by atoms with Crippen LogP contribution in [-0.4, -0.2) is 44.2 Å². The third-order valence-electron chi connectivity index (χ3n) is 4.04. The van der Waals surface area contributed by atoms with Crippen molar-refractivity contribution < 1.29 is 14.3 Å². The Labute approximate surface area is 165 Å². The van der Waals surface area contributed by atoms with Crippen molar-refractivity contribution in [3.63, 3.8) is 0 Å². The lowest BCUT2D eigenvalue weighted by atomic mass is 10.1. The molecule has 0 spiro atoms. The number of carbonyl (C=O) groups is 2. The number of rotatable bonds is 8. The number of thiazole rings is 1. The average molecular weight is 400 g/mol. The zero-order chi connectivity index (χ0) is 19.9. The molecule has 146 valence electrons. The van der Waals surface area contributed by atoms with Crippen molar-refractivity contribution >= 4 is 28.3 Å². The normalized spacial score (nSPS) is 11.8. The fourth-order valence-electron chi connectivity index (χ4n) is 2.70. The highest BCUT2D eigenvalue weighted by molar-refractivity contribution is 7.16. The van der Waals surface area contributed by atoms with Gasteiger partial charge in [-0.15, -0.1) is 16.4 Å². The highest BCUT2D eigenvalue weighted by atomic mass is 32.1. The Hall–Kier alpha value is -3.14. The molecule has 0 fully saturated rings. The van der Waals surface area contributed by atoms with Crippen molar-refractivity contribution in [2.75, 3.05) is 12.4 Å². The highest BCUT2D eigenvalue weighted by Gasteiger charge is 2.25. The zero-order valence-electron chi connectivity index (χ0n) is 15.5. The maximum absolute atomic E-state index is 13.0. The number of nitrogens with one attached hydrogen (secondary N) is 1. The van der Waals surface area contributed by atoms with Gasteiger partial charge in [0.25, 0.3) is 5.91 Å². The minimum atomic E-state index is -0.655. The monoisotopic (exact) mass is 400 g/mol. The number of carbonyl (C=O) groups excluding carboxylic acids is 2. The minimum Gasteiger partial charge on any atom is -0.464 e. The van der Waals surface area contributed by atoms with E-state index < -0.39 is 12.0 Å². The molecule has 1 unspecified atom stereocenters. The summed E-state index contributed by atoms with van der Waals surface area (Å²) in [7, 11) is 1.31. The van der Waals surface area contributed by atoms with Crippen LogP contribution in [0.5, 0.6) is 0 Å². The molecule has 1 amide bonds. The second kappa shape index (κ2) is 9.18. The van der Waals surface area contributed by atoms with Crippen molar-refractivity contribution in [1.29, 1.82) is 0 Å². The Morgan fingerprint density at radius 2 is 2.07 bits per heavy atom. The summed E-state index contributed by atoms with van der Waals surface area (Å²) in [6, 6.07) is 8.94. The summed E-state index contributed by atoms with van der Waals surface area (Å²) in [6.07, 6.45) is 3.34. The first-order valence-corrected chi connectivity index (χ1v) is 9.59. The van der Waals surface area contributed by atoms with Crippen molar-refractivity contribution in [1.82, 2.24) is 25.2 Å². The summed E-state index contributed by atoms with van der Waals surface area (Å²) in [5.74, 6) is -0.828. The third-order valence-corrected chi connectivity index (χ3v) is 5.07. The lowest BCUT2D eigenvalue weighted by molar-refractivity contribution is -0.119. The van der Waals surface area contributed by atoms with Gasteiger partial charge in [0.15, 0.2) is 10.8 Å². The van der Waals surface area contributed by atoms with Crippen LogP contribution in [0.4, 0.5) is 5.13 Å². The number of anilines is 1. The fourth-order valence-corrected chi connectivity index (χ4v) is 3.76. The molecule has 0 aliphatic carbocycles. The summed E-state index contributed by atoms with van der Waals surface area (Å²) >= 11 is 1.27. The SMILES string of the molecule is CCCc1sc(NC(=O)C(Cc2ccccc2)n2cnnn2)nc1C(=O)OC. The molecule has 0 saturated heterocycles. The number of esters is 1. The van der Waals surface area contributed by atoms with E-state index in [0.717, 1.165) is 16.9 Å². The molecule has 2 heterocycles. The van der Waals surface area contributed by atoms with Gasteiger partial charge in [-0.25, -0.2) is 14.5 Å². The number of ether oxygens (including phenoxy) is 1. The number of amides is 1. The molecule has 0 radical (unpaired) electrons. The van der Waals surface area contributed by atoms with E-state index in [0.29, 0.717) is 18.0 Å². The minimum absolute atomic E-state index is 0.242. The Bertz CT molecular complexity index is 926. The topological polar surface area (TPSA) is 112 Å². The molecule has 2 aromatic heterocycles. The van der Waals surface area contributed by atoms with Crippen molar-refractivity contribution in [2.24, 2.45) is 0 Å². The quantitative estimate of drug-likeness (QED) is 0.577. The van der Waals surface area contributed by atoms with Crippen LogP contribution in [0, 0.1) is 0 Å². The van der Waals surface area contributed by atoms with Crippen LogP contribution in [0.15, 0.2) is 36.7 Å². The van der Waals surface area contributed by atoms with Gasteiger partial charge < -0.3 is 10.1 Å². The number of methoxy groups -OCH3 is 1.